The van der Waals surface area contributed by atoms with Crippen LogP contribution in [0.15, 0.2) is 30.3 Å². The molecule has 0 aromatic heterocycles. The predicted molar refractivity (Wildman–Crippen MR) is 69.1 cm³/mol. The zero-order valence-corrected chi connectivity index (χ0v) is 11.2. The Morgan fingerprint density at radius 1 is 1.20 bits per heavy atom. The molecule has 20 heavy (non-hydrogen) atoms. The second-order valence-corrected chi connectivity index (χ2v) is 5.05. The van der Waals surface area contributed by atoms with E-state index in [-0.39, 0.29) is 32.5 Å². The molecule has 1 fully saturated rings. The van der Waals surface area contributed by atoms with Crippen LogP contribution in [0.25, 0.3) is 0 Å². The molecular weight excluding hydrogens is 266 g/mol. The van der Waals surface area contributed by atoms with Gasteiger partial charge in [-0.1, -0.05) is 30.3 Å². The first kappa shape index (κ1) is 14.9. The molecule has 0 aliphatic heterocycles. The van der Waals surface area contributed by atoms with Crippen molar-refractivity contribution >= 4 is 5.97 Å². The summed E-state index contributed by atoms with van der Waals surface area (Å²) in [5.41, 5.74) is 0.987. The zero-order chi connectivity index (χ0) is 14.4. The number of carbonyl (C=O) groups excluding carboxylic acids is 1. The molecule has 1 aliphatic rings. The Hall–Kier alpha value is -1.49. The van der Waals surface area contributed by atoms with Crippen molar-refractivity contribution in [3.63, 3.8) is 0 Å². The average Bonchev–Trinajstić information content (AvgIpc) is 2.44. The van der Waals surface area contributed by atoms with Crippen molar-refractivity contribution in [1.29, 1.82) is 0 Å². The second kappa shape index (κ2) is 6.79. The molecule has 1 aromatic rings. The Morgan fingerprint density at radius 2 is 1.85 bits per heavy atom. The molecule has 2 rings (SSSR count). The zero-order valence-electron chi connectivity index (χ0n) is 11.2. The van der Waals surface area contributed by atoms with E-state index in [0.717, 1.165) is 5.56 Å². The van der Waals surface area contributed by atoms with E-state index in [1.54, 1.807) is 0 Å². The third-order valence-electron chi connectivity index (χ3n) is 3.45. The topological polar surface area (TPSA) is 35.5 Å². The summed E-state index contributed by atoms with van der Waals surface area (Å²) >= 11 is 0. The van der Waals surface area contributed by atoms with Gasteiger partial charge in [0.25, 0.3) is 0 Å². The first-order chi connectivity index (χ1) is 9.57. The molecule has 1 aliphatic carbocycles. The van der Waals surface area contributed by atoms with Crippen LogP contribution in [0.2, 0.25) is 0 Å². The van der Waals surface area contributed by atoms with E-state index in [0.29, 0.717) is 6.61 Å². The Balaban J connectivity index is 1.63. The molecule has 1 aromatic carbocycles. The number of alkyl halides is 2. The minimum atomic E-state index is -2.62. The Morgan fingerprint density at radius 3 is 2.50 bits per heavy atom. The Labute approximate surface area is 116 Å². The fourth-order valence-corrected chi connectivity index (χ4v) is 2.23. The standard InChI is InChI=1S/C15H18F2O3/c16-15(17)8-6-13(7-9-15)14(18)20-11-19-10-12-4-2-1-3-5-12/h1-5,13H,6-11H2. The van der Waals surface area contributed by atoms with E-state index in [2.05, 4.69) is 0 Å². The summed E-state index contributed by atoms with van der Waals surface area (Å²) in [6.45, 7) is 0.220. The molecular formula is C15H18F2O3. The highest BCUT2D eigenvalue weighted by Gasteiger charge is 2.37. The van der Waals surface area contributed by atoms with E-state index in [1.807, 2.05) is 30.3 Å². The van der Waals surface area contributed by atoms with Gasteiger partial charge in [0.15, 0.2) is 6.79 Å². The summed E-state index contributed by atoms with van der Waals surface area (Å²) in [7, 11) is 0. The third-order valence-corrected chi connectivity index (χ3v) is 3.45. The highest BCUT2D eigenvalue weighted by Crippen LogP contribution is 2.36. The maximum atomic E-state index is 13.0. The van der Waals surface area contributed by atoms with Crippen molar-refractivity contribution in [3.8, 4) is 0 Å². The number of esters is 1. The van der Waals surface area contributed by atoms with Crippen LogP contribution in [-0.2, 0) is 20.9 Å². The summed E-state index contributed by atoms with van der Waals surface area (Å²) in [5.74, 6) is -3.48. The van der Waals surface area contributed by atoms with Gasteiger partial charge in [0, 0.05) is 12.8 Å². The van der Waals surface area contributed by atoms with Crippen LogP contribution in [0, 0.1) is 5.92 Å². The van der Waals surface area contributed by atoms with Crippen molar-refractivity contribution in [2.75, 3.05) is 6.79 Å². The molecule has 0 radical (unpaired) electrons. The van der Waals surface area contributed by atoms with Gasteiger partial charge in [0.05, 0.1) is 12.5 Å². The predicted octanol–water partition coefficient (Wildman–Crippen LogP) is 3.53. The Bertz CT molecular complexity index is 424. The molecule has 5 heteroatoms. The summed E-state index contributed by atoms with van der Waals surface area (Å²) in [5, 5.41) is 0. The number of hydrogen-bond acceptors (Lipinski definition) is 3. The summed E-state index contributed by atoms with van der Waals surface area (Å²) in [6, 6.07) is 9.51. The SMILES string of the molecule is O=C(OCOCc1ccccc1)C1CCC(F)(F)CC1. The van der Waals surface area contributed by atoms with Gasteiger partial charge in [-0.05, 0) is 18.4 Å². The lowest BCUT2D eigenvalue weighted by Gasteiger charge is -2.26. The normalized spacial score (nSPS) is 18.7. The lowest BCUT2D eigenvalue weighted by atomic mass is 9.87. The molecule has 0 atom stereocenters. The van der Waals surface area contributed by atoms with Crippen LogP contribution in [0.3, 0.4) is 0 Å². The van der Waals surface area contributed by atoms with Gasteiger partial charge in [0.1, 0.15) is 0 Å². The monoisotopic (exact) mass is 284 g/mol. The van der Waals surface area contributed by atoms with Gasteiger partial charge in [-0.25, -0.2) is 8.78 Å². The number of hydrogen-bond donors (Lipinski definition) is 0. The molecule has 3 nitrogen and oxygen atoms in total. The number of halogens is 2. The van der Waals surface area contributed by atoms with Crippen molar-refractivity contribution in [3.05, 3.63) is 35.9 Å². The largest absolute Gasteiger partial charge is 0.438 e. The molecule has 0 bridgehead atoms. The maximum absolute atomic E-state index is 13.0. The number of benzene rings is 1. The molecule has 0 spiro atoms. The molecule has 0 heterocycles. The van der Waals surface area contributed by atoms with Crippen LogP contribution < -0.4 is 0 Å². The first-order valence-corrected chi connectivity index (χ1v) is 6.73. The number of ether oxygens (including phenoxy) is 2. The lowest BCUT2D eigenvalue weighted by Crippen LogP contribution is -2.30. The van der Waals surface area contributed by atoms with Crippen molar-refractivity contribution in [1.82, 2.24) is 0 Å². The molecule has 110 valence electrons. The second-order valence-electron chi connectivity index (χ2n) is 5.05. The van der Waals surface area contributed by atoms with E-state index >= 15 is 0 Å². The molecule has 0 N–H and O–H groups in total. The quantitative estimate of drug-likeness (QED) is 0.471. The fraction of sp³-hybridized carbons (Fsp3) is 0.533. The Kier molecular flexibility index (Phi) is 5.06. The third kappa shape index (κ3) is 4.56. The fourth-order valence-electron chi connectivity index (χ4n) is 2.23. The lowest BCUT2D eigenvalue weighted by molar-refractivity contribution is -0.165. The molecule has 0 saturated heterocycles. The van der Waals surface area contributed by atoms with Crippen LogP contribution in [0.1, 0.15) is 31.2 Å². The summed E-state index contributed by atoms with van der Waals surface area (Å²) < 4.78 is 36.1. The van der Waals surface area contributed by atoms with Crippen LogP contribution in [-0.4, -0.2) is 18.7 Å². The van der Waals surface area contributed by atoms with Crippen LogP contribution in [0.5, 0.6) is 0 Å². The van der Waals surface area contributed by atoms with E-state index < -0.39 is 17.8 Å². The van der Waals surface area contributed by atoms with Gasteiger partial charge in [-0.15, -0.1) is 0 Å². The van der Waals surface area contributed by atoms with E-state index in [9.17, 15) is 13.6 Å². The first-order valence-electron chi connectivity index (χ1n) is 6.73. The number of carbonyl (C=O) groups is 1. The van der Waals surface area contributed by atoms with Crippen molar-refractivity contribution in [2.45, 2.75) is 38.2 Å². The van der Waals surface area contributed by atoms with E-state index in [4.69, 9.17) is 9.47 Å². The van der Waals surface area contributed by atoms with Gasteiger partial charge >= 0.3 is 5.97 Å². The smallest absolute Gasteiger partial charge is 0.311 e. The van der Waals surface area contributed by atoms with Crippen molar-refractivity contribution < 1.29 is 23.0 Å². The van der Waals surface area contributed by atoms with Crippen LogP contribution in [0.4, 0.5) is 8.78 Å². The van der Waals surface area contributed by atoms with E-state index in [1.165, 1.54) is 0 Å². The summed E-state index contributed by atoms with van der Waals surface area (Å²) in [4.78, 5) is 11.7. The molecule has 1 saturated carbocycles. The average molecular weight is 284 g/mol. The molecule has 0 amide bonds. The van der Waals surface area contributed by atoms with Gasteiger partial charge < -0.3 is 9.47 Å². The summed E-state index contributed by atoms with van der Waals surface area (Å²) in [6.07, 6.45) is -0.107. The highest BCUT2D eigenvalue weighted by molar-refractivity contribution is 5.72. The van der Waals surface area contributed by atoms with Gasteiger partial charge in [-0.3, -0.25) is 4.79 Å². The van der Waals surface area contributed by atoms with Crippen LogP contribution >= 0.6 is 0 Å². The highest BCUT2D eigenvalue weighted by atomic mass is 19.3. The van der Waals surface area contributed by atoms with Crippen molar-refractivity contribution in [2.24, 2.45) is 5.92 Å². The molecule has 0 unspecified atom stereocenters. The minimum absolute atomic E-state index is 0.138. The minimum Gasteiger partial charge on any atom is -0.438 e. The number of rotatable bonds is 5. The van der Waals surface area contributed by atoms with Gasteiger partial charge in [-0.2, -0.15) is 0 Å². The maximum Gasteiger partial charge on any atom is 0.311 e. The van der Waals surface area contributed by atoms with Gasteiger partial charge in [0.2, 0.25) is 5.92 Å².